The van der Waals surface area contributed by atoms with E-state index in [0.717, 1.165) is 30.4 Å². The quantitative estimate of drug-likeness (QED) is 0.264. The van der Waals surface area contributed by atoms with E-state index in [1.165, 1.54) is 30.2 Å². The van der Waals surface area contributed by atoms with Gasteiger partial charge in [-0.05, 0) is 54.9 Å². The summed E-state index contributed by atoms with van der Waals surface area (Å²) in [7, 11) is 1.34. The van der Waals surface area contributed by atoms with E-state index in [2.05, 4.69) is 17.2 Å². The van der Waals surface area contributed by atoms with Gasteiger partial charge in [0.15, 0.2) is 5.75 Å². The highest BCUT2D eigenvalue weighted by molar-refractivity contribution is 6.05. The topological polar surface area (TPSA) is 139 Å². The molecule has 1 aliphatic carbocycles. The lowest BCUT2D eigenvalue weighted by atomic mass is 9.90. The van der Waals surface area contributed by atoms with Crippen LogP contribution in [0.25, 0.3) is 0 Å². The average Bonchev–Trinajstić information content (AvgIpc) is 3.53. The van der Waals surface area contributed by atoms with Crippen LogP contribution < -0.4 is 10.1 Å². The van der Waals surface area contributed by atoms with Crippen LogP contribution in [0.1, 0.15) is 63.9 Å². The molecular formula is C30H28N4O7. The van der Waals surface area contributed by atoms with Crippen molar-refractivity contribution < 1.29 is 28.8 Å². The van der Waals surface area contributed by atoms with Crippen LogP contribution in [0, 0.1) is 33.3 Å². The molecule has 4 amide bonds. The van der Waals surface area contributed by atoms with Gasteiger partial charge in [-0.2, -0.15) is 0 Å². The standard InChI is InChI=1S/C30H28N4O7/c1-41-25-15-19(6-8-23(25)34(39)40)28(37)32-13-11-30(12-14-32)16-20(30)7-5-18-3-2-4-21-22(18)17-33(29(21)38)24-9-10-26(35)31-27(24)36/h2-4,6,8,15,20,24H,9-14,16-17H2,1H3,(H,31,35,36)/t20-,24-/m0/s1. The van der Waals surface area contributed by atoms with Crippen molar-refractivity contribution in [3.8, 4) is 17.6 Å². The fraction of sp³-hybridized carbons (Fsp3) is 0.400. The lowest BCUT2D eigenvalue weighted by Crippen LogP contribution is -2.52. The van der Waals surface area contributed by atoms with Crippen LogP contribution in [0.5, 0.6) is 5.75 Å². The third-order valence-electron chi connectivity index (χ3n) is 8.82. The molecule has 0 aromatic heterocycles. The van der Waals surface area contributed by atoms with Crippen molar-refractivity contribution in [1.82, 2.24) is 15.1 Å². The van der Waals surface area contributed by atoms with E-state index in [4.69, 9.17) is 4.74 Å². The van der Waals surface area contributed by atoms with Gasteiger partial charge < -0.3 is 14.5 Å². The van der Waals surface area contributed by atoms with Crippen molar-refractivity contribution in [3.63, 3.8) is 0 Å². The summed E-state index contributed by atoms with van der Waals surface area (Å²) >= 11 is 0. The van der Waals surface area contributed by atoms with Crippen molar-refractivity contribution in [3.05, 3.63) is 68.8 Å². The Labute approximate surface area is 236 Å². The molecule has 41 heavy (non-hydrogen) atoms. The molecule has 0 unspecified atom stereocenters. The number of piperidine rings is 2. The fourth-order valence-electron chi connectivity index (χ4n) is 6.27. The van der Waals surface area contributed by atoms with E-state index in [-0.39, 0.29) is 53.5 Å². The number of fused-ring (bicyclic) bond motifs is 1. The second-order valence-corrected chi connectivity index (χ2v) is 11.1. The molecule has 2 atom stereocenters. The molecule has 11 heteroatoms. The zero-order chi connectivity index (χ0) is 28.9. The largest absolute Gasteiger partial charge is 0.490 e. The van der Waals surface area contributed by atoms with Gasteiger partial charge in [-0.25, -0.2) is 0 Å². The Hall–Kier alpha value is -4.72. The molecule has 11 nitrogen and oxygen atoms in total. The summed E-state index contributed by atoms with van der Waals surface area (Å²) in [6.45, 7) is 1.44. The molecule has 3 aliphatic heterocycles. The molecule has 4 aliphatic rings. The number of likely N-dealkylation sites (tertiary alicyclic amines) is 1. The number of carbonyl (C=O) groups is 4. The third-order valence-corrected chi connectivity index (χ3v) is 8.82. The molecule has 2 aromatic rings. The van der Waals surface area contributed by atoms with Crippen LogP contribution in [0.3, 0.4) is 0 Å². The van der Waals surface area contributed by atoms with E-state index in [0.29, 0.717) is 30.6 Å². The smallest absolute Gasteiger partial charge is 0.310 e. The number of hydrogen-bond acceptors (Lipinski definition) is 7. The number of benzene rings is 2. The van der Waals surface area contributed by atoms with Crippen LogP contribution in [-0.2, 0) is 16.1 Å². The highest BCUT2D eigenvalue weighted by atomic mass is 16.6. The van der Waals surface area contributed by atoms with Crippen molar-refractivity contribution in [2.75, 3.05) is 20.2 Å². The molecule has 1 saturated carbocycles. The number of nitrogens with zero attached hydrogens (tertiary/aromatic N) is 3. The van der Waals surface area contributed by atoms with Gasteiger partial charge in [-0.1, -0.05) is 17.9 Å². The zero-order valence-corrected chi connectivity index (χ0v) is 22.5. The highest BCUT2D eigenvalue weighted by Crippen LogP contribution is 2.59. The summed E-state index contributed by atoms with van der Waals surface area (Å²) < 4.78 is 5.11. The predicted molar refractivity (Wildman–Crippen MR) is 145 cm³/mol. The van der Waals surface area contributed by atoms with Gasteiger partial charge in [-0.3, -0.25) is 34.6 Å². The number of imide groups is 1. The maximum absolute atomic E-state index is 13.1. The minimum absolute atomic E-state index is 0.0567. The van der Waals surface area contributed by atoms with E-state index >= 15 is 0 Å². The second kappa shape index (κ2) is 10.0. The van der Waals surface area contributed by atoms with Crippen molar-refractivity contribution in [2.24, 2.45) is 11.3 Å². The van der Waals surface area contributed by atoms with Gasteiger partial charge in [0.25, 0.3) is 11.8 Å². The number of nitro benzene ring substituents is 1. The summed E-state index contributed by atoms with van der Waals surface area (Å²) in [5, 5.41) is 13.5. The monoisotopic (exact) mass is 556 g/mol. The Kier molecular flexibility index (Phi) is 6.49. The summed E-state index contributed by atoms with van der Waals surface area (Å²) in [5.41, 5.74) is 2.36. The molecule has 0 bridgehead atoms. The molecule has 210 valence electrons. The molecule has 2 aromatic carbocycles. The number of nitrogens with one attached hydrogen (secondary N) is 1. The second-order valence-electron chi connectivity index (χ2n) is 11.1. The van der Waals surface area contributed by atoms with Crippen molar-refractivity contribution in [1.29, 1.82) is 0 Å². The number of ether oxygens (including phenoxy) is 1. The normalized spacial score (nSPS) is 22.5. The fourth-order valence-corrected chi connectivity index (χ4v) is 6.27. The van der Waals surface area contributed by atoms with Crippen LogP contribution in [0.2, 0.25) is 0 Å². The van der Waals surface area contributed by atoms with Gasteiger partial charge in [0.1, 0.15) is 6.04 Å². The number of hydrogen-bond donors (Lipinski definition) is 1. The Bertz CT molecular complexity index is 1560. The molecule has 3 heterocycles. The lowest BCUT2D eigenvalue weighted by molar-refractivity contribution is -0.385. The molecule has 1 spiro atoms. The number of methoxy groups -OCH3 is 1. The van der Waals surface area contributed by atoms with Crippen molar-refractivity contribution in [2.45, 2.75) is 44.7 Å². The molecule has 1 N–H and O–H groups in total. The summed E-state index contributed by atoms with van der Waals surface area (Å²) in [6.07, 6.45) is 3.10. The molecule has 2 saturated heterocycles. The molecule has 6 rings (SSSR count). The molecular weight excluding hydrogens is 528 g/mol. The minimum Gasteiger partial charge on any atom is -0.490 e. The Balaban J connectivity index is 1.10. The number of carbonyl (C=O) groups excluding carboxylic acids is 4. The van der Waals surface area contributed by atoms with Crippen LogP contribution in [0.4, 0.5) is 5.69 Å². The number of amides is 4. The molecule has 0 radical (unpaired) electrons. The van der Waals surface area contributed by atoms with Crippen molar-refractivity contribution >= 4 is 29.3 Å². The zero-order valence-electron chi connectivity index (χ0n) is 22.5. The van der Waals surface area contributed by atoms with E-state index in [9.17, 15) is 29.3 Å². The van der Waals surface area contributed by atoms with E-state index < -0.39 is 16.9 Å². The van der Waals surface area contributed by atoms with Gasteiger partial charge >= 0.3 is 5.69 Å². The van der Waals surface area contributed by atoms with Gasteiger partial charge in [0, 0.05) is 60.8 Å². The summed E-state index contributed by atoms with van der Waals surface area (Å²) in [4.78, 5) is 64.0. The lowest BCUT2D eigenvalue weighted by Gasteiger charge is -2.32. The van der Waals surface area contributed by atoms with Gasteiger partial charge in [0.05, 0.1) is 12.0 Å². The minimum atomic E-state index is -0.667. The van der Waals surface area contributed by atoms with Crippen LogP contribution in [0.15, 0.2) is 36.4 Å². The van der Waals surface area contributed by atoms with E-state index in [1.54, 1.807) is 17.0 Å². The number of nitro groups is 1. The Morgan fingerprint density at radius 1 is 1.17 bits per heavy atom. The first-order valence-corrected chi connectivity index (χ1v) is 13.6. The number of rotatable bonds is 4. The first kappa shape index (κ1) is 26.5. The summed E-state index contributed by atoms with van der Waals surface area (Å²) in [6, 6.07) is 8.95. The first-order chi connectivity index (χ1) is 19.7. The molecule has 3 fully saturated rings. The first-order valence-electron chi connectivity index (χ1n) is 13.6. The predicted octanol–water partition coefficient (Wildman–Crippen LogP) is 2.66. The Morgan fingerprint density at radius 2 is 1.95 bits per heavy atom. The third kappa shape index (κ3) is 4.69. The highest BCUT2D eigenvalue weighted by Gasteiger charge is 2.54. The maximum atomic E-state index is 13.1. The van der Waals surface area contributed by atoms with Crippen LogP contribution in [-0.4, -0.2) is 64.6 Å². The Morgan fingerprint density at radius 3 is 2.66 bits per heavy atom. The summed E-state index contributed by atoms with van der Waals surface area (Å²) in [5.74, 6) is 5.80. The van der Waals surface area contributed by atoms with Crippen LogP contribution >= 0.6 is 0 Å². The van der Waals surface area contributed by atoms with Gasteiger partial charge in [-0.15, -0.1) is 0 Å². The average molecular weight is 557 g/mol. The maximum Gasteiger partial charge on any atom is 0.310 e. The van der Waals surface area contributed by atoms with E-state index in [1.807, 2.05) is 6.07 Å². The van der Waals surface area contributed by atoms with Gasteiger partial charge in [0.2, 0.25) is 11.8 Å². The SMILES string of the molecule is COc1cc(C(=O)N2CCC3(CC2)C[C@@H]3C#Cc2cccc3c2CN([C@H]2CCC(=O)NC2=O)C3=O)ccc1[N+](=O)[O-].